The van der Waals surface area contributed by atoms with Gasteiger partial charge < -0.3 is 4.74 Å². The first-order valence-electron chi connectivity index (χ1n) is 9.52. The molecule has 0 bridgehead atoms. The third-order valence-corrected chi connectivity index (χ3v) is 4.12. The van der Waals surface area contributed by atoms with Gasteiger partial charge in [0.15, 0.2) is 0 Å². The first kappa shape index (κ1) is 21.9. The molecule has 0 radical (unpaired) electrons. The van der Waals surface area contributed by atoms with Crippen LogP contribution in [0.3, 0.4) is 0 Å². The molecule has 0 aromatic heterocycles. The van der Waals surface area contributed by atoms with Gasteiger partial charge in [0.25, 0.3) is 0 Å². The summed E-state index contributed by atoms with van der Waals surface area (Å²) in [4.78, 5) is 22.6. The second kappa shape index (κ2) is 17.2. The van der Waals surface area contributed by atoms with Crippen LogP contribution < -0.4 is 0 Å². The van der Waals surface area contributed by atoms with E-state index in [2.05, 4.69) is 18.2 Å². The summed E-state index contributed by atoms with van der Waals surface area (Å²) in [6, 6.07) is 0. The highest BCUT2D eigenvalue weighted by Crippen LogP contribution is 2.13. The molecule has 0 heterocycles. The van der Waals surface area contributed by atoms with E-state index in [9.17, 15) is 9.59 Å². The Kier molecular flexibility index (Phi) is 16.4. The molecule has 0 fully saturated rings. The molecule has 0 saturated heterocycles. The van der Waals surface area contributed by atoms with Crippen LogP contribution in [0.5, 0.6) is 0 Å². The Bertz CT molecular complexity index is 310. The van der Waals surface area contributed by atoms with Crippen molar-refractivity contribution in [2.75, 3.05) is 0 Å². The zero-order valence-electron chi connectivity index (χ0n) is 15.1. The van der Waals surface area contributed by atoms with Crippen molar-refractivity contribution >= 4 is 11.8 Å². The highest BCUT2D eigenvalue weighted by molar-refractivity contribution is 5.95. The smallest absolute Gasteiger partial charge is 0.318 e. The van der Waals surface area contributed by atoms with E-state index in [4.69, 9.17) is 0 Å². The number of ketones is 1. The monoisotopic (exact) mass is 324 g/mol. The van der Waals surface area contributed by atoms with Crippen molar-refractivity contribution < 1.29 is 14.3 Å². The molecule has 0 rings (SSSR count). The fourth-order valence-electron chi connectivity index (χ4n) is 2.72. The van der Waals surface area contributed by atoms with Crippen LogP contribution in [0.15, 0.2) is 12.8 Å². The van der Waals surface area contributed by atoms with Gasteiger partial charge in [-0.25, -0.2) is 0 Å². The molecule has 0 aliphatic heterocycles. The summed E-state index contributed by atoms with van der Waals surface area (Å²) < 4.78 is 4.54. The minimum Gasteiger partial charge on any atom is -0.435 e. The third-order valence-electron chi connectivity index (χ3n) is 4.12. The third kappa shape index (κ3) is 17.1. The summed E-state index contributed by atoms with van der Waals surface area (Å²) in [5.74, 6) is -0.528. The molecule has 0 unspecified atom stereocenters. The second-order valence-corrected chi connectivity index (χ2v) is 6.36. The summed E-state index contributed by atoms with van der Waals surface area (Å²) in [7, 11) is 0. The second-order valence-electron chi connectivity index (χ2n) is 6.36. The van der Waals surface area contributed by atoms with E-state index in [1.54, 1.807) is 0 Å². The van der Waals surface area contributed by atoms with Crippen LogP contribution in [0.4, 0.5) is 0 Å². The Labute approximate surface area is 142 Å². The largest absolute Gasteiger partial charge is 0.435 e. The van der Waals surface area contributed by atoms with E-state index in [1.807, 2.05) is 0 Å². The molecule has 0 spiro atoms. The van der Waals surface area contributed by atoms with Crippen molar-refractivity contribution in [3.05, 3.63) is 12.8 Å². The highest BCUT2D eigenvalue weighted by Gasteiger charge is 2.09. The SMILES string of the molecule is C=COC(=O)CC(=O)CCCCCCCCCCCCCCC. The summed E-state index contributed by atoms with van der Waals surface area (Å²) in [5, 5.41) is 0. The van der Waals surface area contributed by atoms with Crippen molar-refractivity contribution in [3.63, 3.8) is 0 Å². The van der Waals surface area contributed by atoms with E-state index >= 15 is 0 Å². The summed E-state index contributed by atoms with van der Waals surface area (Å²) in [5.41, 5.74) is 0. The van der Waals surface area contributed by atoms with Gasteiger partial charge in [-0.15, -0.1) is 0 Å². The predicted octanol–water partition coefficient (Wildman–Crippen LogP) is 6.11. The van der Waals surface area contributed by atoms with Crippen molar-refractivity contribution in [3.8, 4) is 0 Å². The van der Waals surface area contributed by atoms with E-state index in [1.165, 1.54) is 70.6 Å². The molecule has 0 amide bonds. The lowest BCUT2D eigenvalue weighted by Crippen LogP contribution is -2.08. The summed E-state index contributed by atoms with van der Waals surface area (Å²) in [6.45, 7) is 5.55. The maximum Gasteiger partial charge on any atom is 0.318 e. The number of esters is 1. The lowest BCUT2D eigenvalue weighted by Gasteiger charge is -2.03. The van der Waals surface area contributed by atoms with Crippen molar-refractivity contribution in [2.24, 2.45) is 0 Å². The van der Waals surface area contributed by atoms with E-state index in [-0.39, 0.29) is 12.2 Å². The Balaban J connectivity index is 3.20. The molecular formula is C20H36O3. The number of Topliss-reactive ketones (excluding diaryl/α,β-unsaturated/α-hetero) is 1. The minimum absolute atomic E-state index is 0.0278. The van der Waals surface area contributed by atoms with Crippen LogP contribution in [0.1, 0.15) is 103 Å². The van der Waals surface area contributed by atoms with E-state index < -0.39 is 5.97 Å². The molecule has 0 atom stereocenters. The van der Waals surface area contributed by atoms with Crippen LogP contribution in [-0.4, -0.2) is 11.8 Å². The number of hydrogen-bond donors (Lipinski definition) is 0. The van der Waals surface area contributed by atoms with Crippen LogP contribution in [0, 0.1) is 0 Å². The quantitative estimate of drug-likeness (QED) is 0.140. The first-order valence-corrected chi connectivity index (χ1v) is 9.52. The predicted molar refractivity (Wildman–Crippen MR) is 96.2 cm³/mol. The van der Waals surface area contributed by atoms with Crippen molar-refractivity contribution in [2.45, 2.75) is 103 Å². The number of hydrogen-bond acceptors (Lipinski definition) is 3. The standard InChI is InChI=1S/C20H36O3/c1-3-5-6-7-8-9-10-11-12-13-14-15-16-17-19(21)18-20(22)23-4-2/h4H,2-3,5-18H2,1H3. The summed E-state index contributed by atoms with van der Waals surface area (Å²) in [6.07, 6.45) is 18.2. The average molecular weight is 325 g/mol. The van der Waals surface area contributed by atoms with Gasteiger partial charge >= 0.3 is 5.97 Å². The molecule has 0 aliphatic carbocycles. The molecule has 134 valence electrons. The number of carbonyl (C=O) groups excluding carboxylic acids is 2. The van der Waals surface area contributed by atoms with Gasteiger partial charge in [-0.3, -0.25) is 9.59 Å². The lowest BCUT2D eigenvalue weighted by atomic mass is 10.0. The number of unbranched alkanes of at least 4 members (excludes halogenated alkanes) is 12. The maximum atomic E-state index is 11.5. The molecule has 0 N–H and O–H groups in total. The van der Waals surface area contributed by atoms with Crippen LogP contribution in [-0.2, 0) is 14.3 Å². The zero-order valence-corrected chi connectivity index (χ0v) is 15.1. The van der Waals surface area contributed by atoms with Gasteiger partial charge in [0.1, 0.15) is 12.2 Å². The molecule has 3 nitrogen and oxygen atoms in total. The maximum absolute atomic E-state index is 11.5. The Morgan fingerprint density at radius 1 is 0.783 bits per heavy atom. The molecular weight excluding hydrogens is 288 g/mol. The average Bonchev–Trinajstić information content (AvgIpc) is 2.52. The van der Waals surface area contributed by atoms with Crippen LogP contribution >= 0.6 is 0 Å². The topological polar surface area (TPSA) is 43.4 Å². The molecule has 0 aromatic carbocycles. The highest BCUT2D eigenvalue weighted by atomic mass is 16.5. The fraction of sp³-hybridized carbons (Fsp3) is 0.800. The molecule has 0 aliphatic rings. The zero-order chi connectivity index (χ0) is 17.2. The Morgan fingerprint density at radius 3 is 1.65 bits per heavy atom. The molecule has 3 heteroatoms. The van der Waals surface area contributed by atoms with Gasteiger partial charge in [-0.1, -0.05) is 90.6 Å². The van der Waals surface area contributed by atoms with E-state index in [0.717, 1.165) is 19.1 Å². The van der Waals surface area contributed by atoms with Gasteiger partial charge in [0, 0.05) is 6.42 Å². The van der Waals surface area contributed by atoms with Crippen molar-refractivity contribution in [1.29, 1.82) is 0 Å². The Hall–Kier alpha value is -1.12. The fourth-order valence-corrected chi connectivity index (χ4v) is 2.72. The Morgan fingerprint density at radius 2 is 1.22 bits per heavy atom. The number of ether oxygens (including phenoxy) is 1. The number of rotatable bonds is 17. The number of carbonyl (C=O) groups is 2. The van der Waals surface area contributed by atoms with Gasteiger partial charge in [0.2, 0.25) is 0 Å². The lowest BCUT2D eigenvalue weighted by molar-refractivity contribution is -0.141. The summed E-state index contributed by atoms with van der Waals surface area (Å²) >= 11 is 0. The normalized spacial score (nSPS) is 10.5. The van der Waals surface area contributed by atoms with E-state index in [0.29, 0.717) is 6.42 Å². The first-order chi connectivity index (χ1) is 11.2. The van der Waals surface area contributed by atoms with Gasteiger partial charge in [0.05, 0.1) is 6.26 Å². The van der Waals surface area contributed by atoms with Crippen LogP contribution in [0.2, 0.25) is 0 Å². The molecule has 0 aromatic rings. The molecule has 23 heavy (non-hydrogen) atoms. The minimum atomic E-state index is -0.500. The van der Waals surface area contributed by atoms with Crippen LogP contribution in [0.25, 0.3) is 0 Å². The van der Waals surface area contributed by atoms with Gasteiger partial charge in [-0.05, 0) is 6.42 Å². The molecule has 0 saturated carbocycles. The van der Waals surface area contributed by atoms with Gasteiger partial charge in [-0.2, -0.15) is 0 Å². The van der Waals surface area contributed by atoms with Crippen molar-refractivity contribution in [1.82, 2.24) is 0 Å².